The highest BCUT2D eigenvalue weighted by molar-refractivity contribution is 5.85. The van der Waals surface area contributed by atoms with Crippen molar-refractivity contribution in [1.82, 2.24) is 4.90 Å². The summed E-state index contributed by atoms with van der Waals surface area (Å²) < 4.78 is 5.29. The molecule has 1 unspecified atom stereocenters. The van der Waals surface area contributed by atoms with Crippen LogP contribution < -0.4 is 11.5 Å². The molecule has 1 aliphatic rings. The summed E-state index contributed by atoms with van der Waals surface area (Å²) in [6, 6.07) is -0.0970. The van der Waals surface area contributed by atoms with Gasteiger partial charge in [0.05, 0.1) is 19.3 Å². The van der Waals surface area contributed by atoms with Gasteiger partial charge in [0.15, 0.2) is 0 Å². The van der Waals surface area contributed by atoms with Crippen LogP contribution >= 0.6 is 12.4 Å². The number of piperidine rings is 1. The first-order valence-corrected chi connectivity index (χ1v) is 5.57. The van der Waals surface area contributed by atoms with Crippen molar-refractivity contribution in [3.05, 3.63) is 0 Å². The van der Waals surface area contributed by atoms with Crippen molar-refractivity contribution < 1.29 is 9.53 Å². The number of carbonyl (C=O) groups excluding carboxylic acids is 1. The van der Waals surface area contributed by atoms with Crippen molar-refractivity contribution in [2.24, 2.45) is 11.5 Å². The zero-order valence-corrected chi connectivity index (χ0v) is 10.4. The van der Waals surface area contributed by atoms with Crippen LogP contribution in [0.1, 0.15) is 19.3 Å². The molecular weight excluding hydrogens is 230 g/mol. The van der Waals surface area contributed by atoms with Gasteiger partial charge in [-0.15, -0.1) is 12.4 Å². The van der Waals surface area contributed by atoms with E-state index in [0.717, 1.165) is 32.4 Å². The molecule has 0 aliphatic carbocycles. The summed E-state index contributed by atoms with van der Waals surface area (Å²) in [4.78, 5) is 13.3. The molecule has 0 spiro atoms. The lowest BCUT2D eigenvalue weighted by Crippen LogP contribution is -2.48. The van der Waals surface area contributed by atoms with E-state index in [1.807, 2.05) is 0 Å². The van der Waals surface area contributed by atoms with Crippen LogP contribution in [0.5, 0.6) is 0 Å². The van der Waals surface area contributed by atoms with Crippen LogP contribution in [0, 0.1) is 0 Å². The van der Waals surface area contributed by atoms with E-state index in [9.17, 15) is 4.79 Å². The smallest absolute Gasteiger partial charge is 0.234 e. The fourth-order valence-corrected chi connectivity index (χ4v) is 1.95. The molecular formula is C10H22ClN3O2. The van der Waals surface area contributed by atoms with Gasteiger partial charge < -0.3 is 16.2 Å². The molecule has 0 aromatic rings. The summed E-state index contributed by atoms with van der Waals surface area (Å²) in [5, 5.41) is 0. The van der Waals surface area contributed by atoms with Gasteiger partial charge in [-0.3, -0.25) is 9.69 Å². The van der Waals surface area contributed by atoms with Gasteiger partial charge in [-0.25, -0.2) is 0 Å². The van der Waals surface area contributed by atoms with Gasteiger partial charge in [-0.2, -0.15) is 0 Å². The molecule has 6 heteroatoms. The topological polar surface area (TPSA) is 81.6 Å². The molecule has 1 amide bonds. The minimum Gasteiger partial charge on any atom is -0.379 e. The largest absolute Gasteiger partial charge is 0.379 e. The van der Waals surface area contributed by atoms with E-state index < -0.39 is 0 Å². The third-order valence-corrected chi connectivity index (χ3v) is 2.73. The number of hydrogen-bond donors (Lipinski definition) is 2. The Labute approximate surface area is 103 Å². The number of carbonyl (C=O) groups is 1. The molecule has 1 rings (SSSR count). The molecule has 1 aliphatic heterocycles. The Balaban J connectivity index is 0.00000225. The summed E-state index contributed by atoms with van der Waals surface area (Å²) in [5.41, 5.74) is 10.7. The van der Waals surface area contributed by atoms with E-state index in [1.54, 1.807) is 0 Å². The Morgan fingerprint density at radius 2 is 2.12 bits per heavy atom. The predicted octanol–water partition coefficient (Wildman–Crippen LogP) is -0.277. The van der Waals surface area contributed by atoms with Crippen molar-refractivity contribution in [2.75, 3.05) is 32.8 Å². The van der Waals surface area contributed by atoms with Gasteiger partial charge in [0, 0.05) is 13.1 Å². The van der Waals surface area contributed by atoms with Gasteiger partial charge in [0.25, 0.3) is 0 Å². The quantitative estimate of drug-likeness (QED) is 0.637. The highest BCUT2D eigenvalue weighted by Crippen LogP contribution is 2.15. The number of ether oxygens (including phenoxy) is 1. The Morgan fingerprint density at radius 1 is 1.38 bits per heavy atom. The molecule has 0 aromatic carbocycles. The molecule has 5 nitrogen and oxygen atoms in total. The molecule has 0 radical (unpaired) electrons. The molecule has 0 aromatic heterocycles. The van der Waals surface area contributed by atoms with Crippen LogP contribution in [0.15, 0.2) is 0 Å². The second-order valence-corrected chi connectivity index (χ2v) is 3.85. The molecule has 0 bridgehead atoms. The summed E-state index contributed by atoms with van der Waals surface area (Å²) in [5.74, 6) is -0.214. The highest BCUT2D eigenvalue weighted by Gasteiger charge is 2.26. The Hall–Kier alpha value is -0.360. The minimum atomic E-state index is -0.214. The zero-order chi connectivity index (χ0) is 11.1. The maximum atomic E-state index is 11.2. The molecule has 1 atom stereocenters. The number of amides is 1. The average Bonchev–Trinajstić information content (AvgIpc) is 2.25. The van der Waals surface area contributed by atoms with Gasteiger partial charge in [-0.1, -0.05) is 6.42 Å². The van der Waals surface area contributed by atoms with Crippen molar-refractivity contribution in [1.29, 1.82) is 0 Å². The number of hydrogen-bond acceptors (Lipinski definition) is 4. The average molecular weight is 252 g/mol. The number of likely N-dealkylation sites (tertiary alicyclic amines) is 1. The first-order valence-electron chi connectivity index (χ1n) is 5.57. The van der Waals surface area contributed by atoms with Crippen molar-refractivity contribution >= 4 is 18.3 Å². The SMILES string of the molecule is Cl.NCCOCCN1CCCCC1C(N)=O. The monoisotopic (exact) mass is 251 g/mol. The van der Waals surface area contributed by atoms with E-state index in [-0.39, 0.29) is 24.4 Å². The number of halogens is 1. The lowest BCUT2D eigenvalue weighted by molar-refractivity contribution is -0.124. The molecule has 1 saturated heterocycles. The van der Waals surface area contributed by atoms with Gasteiger partial charge in [-0.05, 0) is 19.4 Å². The van der Waals surface area contributed by atoms with Crippen LogP contribution in [0.2, 0.25) is 0 Å². The highest BCUT2D eigenvalue weighted by atomic mass is 35.5. The zero-order valence-electron chi connectivity index (χ0n) is 9.56. The minimum absolute atomic E-state index is 0. The number of rotatable bonds is 6. The Kier molecular flexibility index (Phi) is 8.56. The van der Waals surface area contributed by atoms with E-state index in [0.29, 0.717) is 19.8 Å². The van der Waals surface area contributed by atoms with E-state index in [2.05, 4.69) is 4.90 Å². The van der Waals surface area contributed by atoms with Crippen LogP contribution in [-0.2, 0) is 9.53 Å². The third kappa shape index (κ3) is 5.12. The van der Waals surface area contributed by atoms with Crippen LogP contribution in [0.3, 0.4) is 0 Å². The molecule has 1 fully saturated rings. The number of primary amides is 1. The lowest BCUT2D eigenvalue weighted by Gasteiger charge is -2.33. The maximum Gasteiger partial charge on any atom is 0.234 e. The fourth-order valence-electron chi connectivity index (χ4n) is 1.95. The molecule has 1 heterocycles. The standard InChI is InChI=1S/C10H21N3O2.ClH/c11-4-7-15-8-6-13-5-2-1-3-9(13)10(12)14;/h9H,1-8,11H2,(H2,12,14);1H. The second-order valence-electron chi connectivity index (χ2n) is 3.85. The summed E-state index contributed by atoms with van der Waals surface area (Å²) in [6.07, 6.45) is 3.11. The molecule has 4 N–H and O–H groups in total. The van der Waals surface area contributed by atoms with Crippen molar-refractivity contribution in [2.45, 2.75) is 25.3 Å². The molecule has 96 valence electrons. The third-order valence-electron chi connectivity index (χ3n) is 2.73. The van der Waals surface area contributed by atoms with Gasteiger partial charge >= 0.3 is 0 Å². The fraction of sp³-hybridized carbons (Fsp3) is 0.900. The van der Waals surface area contributed by atoms with Crippen LogP contribution in [0.4, 0.5) is 0 Å². The molecule has 16 heavy (non-hydrogen) atoms. The van der Waals surface area contributed by atoms with Crippen LogP contribution in [-0.4, -0.2) is 49.7 Å². The Morgan fingerprint density at radius 3 is 2.75 bits per heavy atom. The van der Waals surface area contributed by atoms with Gasteiger partial charge in [0.1, 0.15) is 0 Å². The second kappa shape index (κ2) is 8.75. The first-order chi connectivity index (χ1) is 7.25. The Bertz CT molecular complexity index is 205. The summed E-state index contributed by atoms with van der Waals surface area (Å²) in [7, 11) is 0. The van der Waals surface area contributed by atoms with Crippen molar-refractivity contribution in [3.8, 4) is 0 Å². The van der Waals surface area contributed by atoms with E-state index in [4.69, 9.17) is 16.2 Å². The number of nitrogens with zero attached hydrogens (tertiary/aromatic N) is 1. The van der Waals surface area contributed by atoms with Crippen LogP contribution in [0.25, 0.3) is 0 Å². The lowest BCUT2D eigenvalue weighted by atomic mass is 10.0. The first kappa shape index (κ1) is 15.6. The molecule has 0 saturated carbocycles. The van der Waals surface area contributed by atoms with Crippen molar-refractivity contribution in [3.63, 3.8) is 0 Å². The number of nitrogens with two attached hydrogens (primary N) is 2. The summed E-state index contributed by atoms with van der Waals surface area (Å²) in [6.45, 7) is 3.46. The predicted molar refractivity (Wildman–Crippen MR) is 65.5 cm³/mol. The maximum absolute atomic E-state index is 11.2. The van der Waals surface area contributed by atoms with E-state index in [1.165, 1.54) is 0 Å². The van der Waals surface area contributed by atoms with Gasteiger partial charge in [0.2, 0.25) is 5.91 Å². The normalized spacial score (nSPS) is 21.4. The summed E-state index contributed by atoms with van der Waals surface area (Å²) >= 11 is 0. The van der Waals surface area contributed by atoms with E-state index >= 15 is 0 Å².